The second-order valence-corrected chi connectivity index (χ2v) is 9.26. The van der Waals surface area contributed by atoms with Gasteiger partial charge in [0.15, 0.2) is 0 Å². The number of carbonyl (C=O) groups is 1. The van der Waals surface area contributed by atoms with Crippen molar-refractivity contribution in [2.75, 3.05) is 26.2 Å². The van der Waals surface area contributed by atoms with E-state index in [1.165, 1.54) is 11.1 Å². The normalized spacial score (nSPS) is 19.1. The Balaban J connectivity index is 1.24. The lowest BCUT2D eigenvalue weighted by molar-refractivity contribution is -0.131. The fourth-order valence-corrected chi connectivity index (χ4v) is 4.59. The Morgan fingerprint density at radius 3 is 2.32 bits per heavy atom. The molecule has 2 aliphatic rings. The van der Waals surface area contributed by atoms with E-state index in [0.29, 0.717) is 5.41 Å². The molecule has 28 heavy (non-hydrogen) atoms. The van der Waals surface area contributed by atoms with Crippen LogP contribution < -0.4 is 0 Å². The zero-order chi connectivity index (χ0) is 19.6. The van der Waals surface area contributed by atoms with Crippen LogP contribution in [-0.4, -0.2) is 41.9 Å². The van der Waals surface area contributed by atoms with Crippen LogP contribution in [0.2, 0.25) is 0 Å². The Hall–Kier alpha value is -1.91. The molecule has 2 fully saturated rings. The predicted octanol–water partition coefficient (Wildman–Crippen LogP) is 4.90. The van der Waals surface area contributed by atoms with Gasteiger partial charge in [0.05, 0.1) is 0 Å². The molecule has 0 saturated carbocycles. The number of hydrogen-bond donors (Lipinski definition) is 0. The average Bonchev–Trinajstić information content (AvgIpc) is 2.68. The van der Waals surface area contributed by atoms with Crippen molar-refractivity contribution < 1.29 is 4.79 Å². The summed E-state index contributed by atoms with van der Waals surface area (Å²) in [5, 5.41) is 0. The Labute approximate surface area is 176 Å². The van der Waals surface area contributed by atoms with Crippen molar-refractivity contribution in [2.45, 2.75) is 26.3 Å². The SMILES string of the molecule is Cc1ccc(CN2CC3(CCN(C(=O)/C=C/c4ccc(Br)cc4)CC3)C2)cc1. The first-order valence-corrected chi connectivity index (χ1v) is 10.8. The quantitative estimate of drug-likeness (QED) is 0.633. The van der Waals surface area contributed by atoms with E-state index < -0.39 is 0 Å². The van der Waals surface area contributed by atoms with Crippen LogP contribution in [0.5, 0.6) is 0 Å². The van der Waals surface area contributed by atoms with Crippen LogP contribution in [-0.2, 0) is 11.3 Å². The molecule has 1 spiro atoms. The van der Waals surface area contributed by atoms with Crippen LogP contribution in [0.25, 0.3) is 6.08 Å². The summed E-state index contributed by atoms with van der Waals surface area (Å²) in [6.45, 7) is 7.26. The third-order valence-corrected chi connectivity index (χ3v) is 6.60. The van der Waals surface area contributed by atoms with Crippen LogP contribution in [0.15, 0.2) is 59.1 Å². The lowest BCUT2D eigenvalue weighted by Crippen LogP contribution is -2.60. The van der Waals surface area contributed by atoms with E-state index in [-0.39, 0.29) is 5.91 Å². The standard InChI is InChI=1S/C24H27BrN2O/c1-19-2-4-21(5-3-19)16-26-17-24(18-26)12-14-27(15-13-24)23(28)11-8-20-6-9-22(25)10-7-20/h2-11H,12-18H2,1H3/b11-8+. The fourth-order valence-electron chi connectivity index (χ4n) is 4.33. The second kappa shape index (κ2) is 8.22. The molecule has 4 rings (SSSR count). The largest absolute Gasteiger partial charge is 0.339 e. The molecule has 2 aliphatic heterocycles. The summed E-state index contributed by atoms with van der Waals surface area (Å²) < 4.78 is 1.05. The van der Waals surface area contributed by atoms with E-state index >= 15 is 0 Å². The molecule has 0 bridgehead atoms. The van der Waals surface area contributed by atoms with Gasteiger partial charge in [-0.05, 0) is 54.5 Å². The van der Waals surface area contributed by atoms with Gasteiger partial charge in [-0.2, -0.15) is 0 Å². The van der Waals surface area contributed by atoms with Gasteiger partial charge in [-0.1, -0.05) is 57.9 Å². The molecular formula is C24H27BrN2O. The van der Waals surface area contributed by atoms with Crippen LogP contribution in [0.1, 0.15) is 29.5 Å². The number of amides is 1. The van der Waals surface area contributed by atoms with Gasteiger partial charge in [0.1, 0.15) is 0 Å². The maximum Gasteiger partial charge on any atom is 0.246 e. The van der Waals surface area contributed by atoms with Crippen molar-refractivity contribution in [1.29, 1.82) is 0 Å². The Morgan fingerprint density at radius 1 is 1.04 bits per heavy atom. The summed E-state index contributed by atoms with van der Waals surface area (Å²) >= 11 is 3.43. The molecule has 0 radical (unpaired) electrons. The van der Waals surface area contributed by atoms with Gasteiger partial charge in [-0.25, -0.2) is 0 Å². The number of benzene rings is 2. The highest BCUT2D eigenvalue weighted by molar-refractivity contribution is 9.10. The van der Waals surface area contributed by atoms with Crippen LogP contribution in [0.3, 0.4) is 0 Å². The van der Waals surface area contributed by atoms with Crippen molar-refractivity contribution in [1.82, 2.24) is 9.80 Å². The lowest BCUT2D eigenvalue weighted by atomic mass is 9.72. The molecule has 0 atom stereocenters. The molecule has 0 aliphatic carbocycles. The molecule has 0 unspecified atom stereocenters. The van der Waals surface area contributed by atoms with Gasteiger partial charge in [-0.3, -0.25) is 9.69 Å². The van der Waals surface area contributed by atoms with Crippen LogP contribution >= 0.6 is 15.9 Å². The van der Waals surface area contributed by atoms with Crippen molar-refractivity contribution in [2.24, 2.45) is 5.41 Å². The minimum Gasteiger partial charge on any atom is -0.339 e. The molecule has 2 saturated heterocycles. The first kappa shape index (κ1) is 19.4. The topological polar surface area (TPSA) is 23.6 Å². The van der Waals surface area contributed by atoms with E-state index in [1.54, 1.807) is 6.08 Å². The highest BCUT2D eigenvalue weighted by Gasteiger charge is 2.44. The van der Waals surface area contributed by atoms with Crippen LogP contribution in [0, 0.1) is 12.3 Å². The van der Waals surface area contributed by atoms with Gasteiger partial charge in [-0.15, -0.1) is 0 Å². The molecule has 2 aromatic carbocycles. The first-order chi connectivity index (χ1) is 13.5. The number of hydrogen-bond acceptors (Lipinski definition) is 2. The van der Waals surface area contributed by atoms with E-state index in [0.717, 1.165) is 55.6 Å². The third-order valence-electron chi connectivity index (χ3n) is 6.07. The van der Waals surface area contributed by atoms with Gasteiger partial charge < -0.3 is 4.90 Å². The van der Waals surface area contributed by atoms with Crippen LogP contribution in [0.4, 0.5) is 0 Å². The van der Waals surface area contributed by atoms with Crippen molar-refractivity contribution >= 4 is 27.9 Å². The zero-order valence-electron chi connectivity index (χ0n) is 16.4. The third kappa shape index (κ3) is 4.56. The average molecular weight is 439 g/mol. The summed E-state index contributed by atoms with van der Waals surface area (Å²) in [6.07, 6.45) is 5.86. The molecule has 2 aromatic rings. The monoisotopic (exact) mass is 438 g/mol. The van der Waals surface area contributed by atoms with Crippen molar-refractivity contribution in [3.63, 3.8) is 0 Å². The predicted molar refractivity (Wildman–Crippen MR) is 118 cm³/mol. The highest BCUT2D eigenvalue weighted by Crippen LogP contribution is 2.41. The number of nitrogens with zero attached hydrogens (tertiary/aromatic N) is 2. The number of piperidine rings is 1. The lowest BCUT2D eigenvalue weighted by Gasteiger charge is -2.54. The summed E-state index contributed by atoms with van der Waals surface area (Å²) in [7, 11) is 0. The minimum absolute atomic E-state index is 0.133. The molecule has 2 heterocycles. The molecule has 1 amide bonds. The number of carbonyl (C=O) groups excluding carboxylic acids is 1. The number of likely N-dealkylation sites (tertiary alicyclic amines) is 2. The van der Waals surface area contributed by atoms with E-state index in [2.05, 4.69) is 52.0 Å². The summed E-state index contributed by atoms with van der Waals surface area (Å²) in [5.41, 5.74) is 4.19. The van der Waals surface area contributed by atoms with E-state index in [9.17, 15) is 4.79 Å². The van der Waals surface area contributed by atoms with E-state index in [1.807, 2.05) is 35.2 Å². The molecule has 0 aromatic heterocycles. The smallest absolute Gasteiger partial charge is 0.246 e. The van der Waals surface area contributed by atoms with Gasteiger partial charge in [0.2, 0.25) is 5.91 Å². The minimum atomic E-state index is 0.133. The van der Waals surface area contributed by atoms with Gasteiger partial charge in [0, 0.05) is 43.3 Å². The molecule has 0 N–H and O–H groups in total. The zero-order valence-corrected chi connectivity index (χ0v) is 18.0. The Bertz CT molecular complexity index is 841. The Kier molecular flexibility index (Phi) is 5.70. The molecule has 146 valence electrons. The maximum atomic E-state index is 12.5. The second-order valence-electron chi connectivity index (χ2n) is 8.34. The fraction of sp³-hybridized carbons (Fsp3) is 0.375. The number of rotatable bonds is 4. The summed E-state index contributed by atoms with van der Waals surface area (Å²) in [5.74, 6) is 0.133. The summed E-state index contributed by atoms with van der Waals surface area (Å²) in [4.78, 5) is 17.0. The van der Waals surface area contributed by atoms with Crippen molar-refractivity contribution in [3.05, 3.63) is 75.8 Å². The first-order valence-electron chi connectivity index (χ1n) is 10.0. The highest BCUT2D eigenvalue weighted by atomic mass is 79.9. The number of aryl methyl sites for hydroxylation is 1. The molecule has 4 heteroatoms. The Morgan fingerprint density at radius 2 is 1.68 bits per heavy atom. The number of halogens is 1. The maximum absolute atomic E-state index is 12.5. The van der Waals surface area contributed by atoms with E-state index in [4.69, 9.17) is 0 Å². The molecule has 3 nitrogen and oxygen atoms in total. The van der Waals surface area contributed by atoms with Crippen molar-refractivity contribution in [3.8, 4) is 0 Å². The molecular weight excluding hydrogens is 412 g/mol. The van der Waals surface area contributed by atoms with Gasteiger partial charge >= 0.3 is 0 Å². The summed E-state index contributed by atoms with van der Waals surface area (Å²) in [6, 6.07) is 16.9. The van der Waals surface area contributed by atoms with Gasteiger partial charge in [0.25, 0.3) is 0 Å².